The van der Waals surface area contributed by atoms with Crippen LogP contribution in [0.25, 0.3) is 21.9 Å². The number of aliphatic hydroxyl groups excluding tert-OH is 1. The third kappa shape index (κ3) is 8.38. The molecule has 3 heterocycles. The molecular weight excluding hydrogens is 627 g/mol. The van der Waals surface area contributed by atoms with Crippen molar-refractivity contribution < 1.29 is 37.7 Å². The van der Waals surface area contributed by atoms with Crippen molar-refractivity contribution in [2.45, 2.75) is 77.4 Å². The van der Waals surface area contributed by atoms with Crippen LogP contribution in [0.3, 0.4) is 0 Å². The van der Waals surface area contributed by atoms with E-state index in [4.69, 9.17) is 29.0 Å². The number of carbonyl (C=O) groups excluding carboxylic acids is 1. The minimum absolute atomic E-state index is 0.0431. The van der Waals surface area contributed by atoms with Crippen LogP contribution in [0.5, 0.6) is 11.8 Å². The molecule has 0 amide bonds. The minimum atomic E-state index is -4.25. The molecule has 47 heavy (non-hydrogen) atoms. The van der Waals surface area contributed by atoms with E-state index in [1.807, 2.05) is 44.2 Å². The Kier molecular flexibility index (Phi) is 11.3. The standard InChI is InChI=1S/C32H43N6O8P/c1-5-6-9-15-43-31(40)24(16-20(2)3)37-47(41,46-26-14-10-12-21-11-7-8-13-23(21)26)44-18-22-17-25(39)30(45-22)38-19-34-27-28(33)35-32(42-4)36-29(27)38/h7-8,10-14,19-20,22,24-25,30,39H,5-6,9,15-18H2,1-4H3,(H,37,41)(H2,33,35,36)/t22-,24-,25?,30+,47?/m0/s1. The Morgan fingerprint density at radius 3 is 2.74 bits per heavy atom. The van der Waals surface area contributed by atoms with Crippen LogP contribution in [0.4, 0.5) is 5.82 Å². The lowest BCUT2D eigenvalue weighted by atomic mass is 10.1. The maximum absolute atomic E-state index is 14.6. The van der Waals surface area contributed by atoms with Crippen molar-refractivity contribution in [2.24, 2.45) is 5.92 Å². The van der Waals surface area contributed by atoms with Gasteiger partial charge in [0.15, 0.2) is 23.2 Å². The molecule has 5 atom stereocenters. The molecule has 4 N–H and O–H groups in total. The Morgan fingerprint density at radius 2 is 1.98 bits per heavy atom. The maximum Gasteiger partial charge on any atom is 0.459 e. The number of nitrogens with two attached hydrogens (primary N) is 1. The number of imidazole rings is 1. The first-order chi connectivity index (χ1) is 22.6. The van der Waals surface area contributed by atoms with Gasteiger partial charge in [0.2, 0.25) is 0 Å². The van der Waals surface area contributed by atoms with Crippen LogP contribution in [-0.2, 0) is 23.4 Å². The highest BCUT2D eigenvalue weighted by molar-refractivity contribution is 7.52. The van der Waals surface area contributed by atoms with Crippen molar-refractivity contribution in [2.75, 3.05) is 26.1 Å². The third-order valence-corrected chi connectivity index (χ3v) is 9.30. The van der Waals surface area contributed by atoms with Gasteiger partial charge in [-0.05, 0) is 30.2 Å². The lowest BCUT2D eigenvalue weighted by Crippen LogP contribution is -2.39. The number of nitrogen functional groups attached to an aromatic ring is 1. The monoisotopic (exact) mass is 670 g/mol. The van der Waals surface area contributed by atoms with Crippen LogP contribution >= 0.6 is 7.75 Å². The van der Waals surface area contributed by atoms with Gasteiger partial charge in [0.25, 0.3) is 0 Å². The Hall–Kier alpha value is -3.81. The van der Waals surface area contributed by atoms with Crippen LogP contribution in [-0.4, -0.2) is 69.2 Å². The summed E-state index contributed by atoms with van der Waals surface area (Å²) in [6.45, 7) is 6.02. The predicted molar refractivity (Wildman–Crippen MR) is 176 cm³/mol. The van der Waals surface area contributed by atoms with Crippen LogP contribution in [0, 0.1) is 5.92 Å². The smallest absolute Gasteiger partial charge is 0.459 e. The number of benzene rings is 2. The van der Waals surface area contributed by atoms with Gasteiger partial charge in [-0.1, -0.05) is 70.0 Å². The lowest BCUT2D eigenvalue weighted by Gasteiger charge is -2.27. The summed E-state index contributed by atoms with van der Waals surface area (Å²) in [6.07, 6.45) is 1.99. The first-order valence-corrected chi connectivity index (χ1v) is 17.4. The van der Waals surface area contributed by atoms with E-state index in [-0.39, 0.29) is 37.4 Å². The average molecular weight is 671 g/mol. The molecule has 1 saturated heterocycles. The van der Waals surface area contributed by atoms with E-state index in [0.717, 1.165) is 30.0 Å². The Bertz CT molecular complexity index is 1710. The summed E-state index contributed by atoms with van der Waals surface area (Å²) in [7, 11) is -2.83. The molecule has 0 spiro atoms. The topological polar surface area (TPSA) is 182 Å². The summed E-state index contributed by atoms with van der Waals surface area (Å²) in [5, 5.41) is 15.5. The van der Waals surface area contributed by atoms with E-state index in [1.165, 1.54) is 18.0 Å². The predicted octanol–water partition coefficient (Wildman–Crippen LogP) is 5.16. The van der Waals surface area contributed by atoms with Crippen molar-refractivity contribution in [1.82, 2.24) is 24.6 Å². The van der Waals surface area contributed by atoms with Crippen molar-refractivity contribution >= 4 is 41.5 Å². The summed E-state index contributed by atoms with van der Waals surface area (Å²) >= 11 is 0. The molecule has 1 fully saturated rings. The number of hydrogen-bond donors (Lipinski definition) is 3. The fourth-order valence-corrected chi connectivity index (χ4v) is 7.00. The van der Waals surface area contributed by atoms with Crippen LogP contribution in [0.15, 0.2) is 48.8 Å². The second kappa shape index (κ2) is 15.4. The van der Waals surface area contributed by atoms with E-state index in [0.29, 0.717) is 23.3 Å². The number of nitrogens with zero attached hydrogens (tertiary/aromatic N) is 4. The number of rotatable bonds is 16. The number of aliphatic hydroxyl groups is 1. The molecule has 1 aliphatic rings. The molecular formula is C32H43N6O8P. The number of aromatic nitrogens is 4. The van der Waals surface area contributed by atoms with E-state index in [9.17, 15) is 14.5 Å². The molecule has 4 aromatic rings. The molecule has 0 radical (unpaired) electrons. The molecule has 1 aliphatic heterocycles. The first-order valence-electron chi connectivity index (χ1n) is 15.8. The average Bonchev–Trinajstić information content (AvgIpc) is 3.64. The van der Waals surface area contributed by atoms with Crippen LogP contribution in [0.2, 0.25) is 0 Å². The molecule has 0 aliphatic carbocycles. The van der Waals surface area contributed by atoms with E-state index < -0.39 is 38.2 Å². The Morgan fingerprint density at radius 1 is 1.19 bits per heavy atom. The van der Waals surface area contributed by atoms with Gasteiger partial charge in [-0.25, -0.2) is 9.55 Å². The second-order valence-electron chi connectivity index (χ2n) is 11.9. The maximum atomic E-state index is 14.6. The number of unbranched alkanes of at least 4 members (excludes halogenated alkanes) is 2. The minimum Gasteiger partial charge on any atom is -0.467 e. The normalized spacial score (nSPS) is 20.0. The molecule has 15 heteroatoms. The van der Waals surface area contributed by atoms with Gasteiger partial charge in [0.05, 0.1) is 32.8 Å². The summed E-state index contributed by atoms with van der Waals surface area (Å²) in [5.74, 6) is -0.0241. The van der Waals surface area contributed by atoms with Crippen molar-refractivity contribution in [3.8, 4) is 11.8 Å². The molecule has 14 nitrogen and oxygen atoms in total. The second-order valence-corrected chi connectivity index (χ2v) is 13.6. The fraction of sp³-hybridized carbons (Fsp3) is 0.500. The van der Waals surface area contributed by atoms with Crippen LogP contribution < -0.4 is 20.1 Å². The largest absolute Gasteiger partial charge is 0.467 e. The zero-order valence-corrected chi connectivity index (χ0v) is 28.0. The molecule has 5 rings (SSSR count). The van der Waals surface area contributed by atoms with Crippen molar-refractivity contribution in [3.63, 3.8) is 0 Å². The number of carbonyl (C=O) groups is 1. The first kappa shape index (κ1) is 34.5. The summed E-state index contributed by atoms with van der Waals surface area (Å²) in [6, 6.07) is 12.0. The SMILES string of the molecule is CCCCCOC(=O)[C@H](CC(C)C)NP(=O)(OC[C@@H]1CC(O)[C@H](n2cnc3c(N)nc(OC)nc32)O1)Oc1cccc2ccccc12. The quantitative estimate of drug-likeness (QED) is 0.0808. The molecule has 2 aromatic carbocycles. The number of ether oxygens (including phenoxy) is 3. The lowest BCUT2D eigenvalue weighted by molar-refractivity contribution is -0.146. The fourth-order valence-electron chi connectivity index (χ4n) is 5.45. The Labute approximate surface area is 273 Å². The summed E-state index contributed by atoms with van der Waals surface area (Å²) in [4.78, 5) is 25.9. The zero-order valence-electron chi connectivity index (χ0n) is 27.1. The van der Waals surface area contributed by atoms with Gasteiger partial charge in [-0.3, -0.25) is 13.9 Å². The van der Waals surface area contributed by atoms with E-state index >= 15 is 0 Å². The van der Waals surface area contributed by atoms with Gasteiger partial charge in [0, 0.05) is 11.8 Å². The number of methoxy groups -OCH3 is 1. The van der Waals surface area contributed by atoms with E-state index in [1.54, 1.807) is 12.1 Å². The molecule has 0 saturated carbocycles. The van der Waals surface area contributed by atoms with Gasteiger partial charge < -0.3 is 29.6 Å². The van der Waals surface area contributed by atoms with Gasteiger partial charge in [-0.2, -0.15) is 15.1 Å². The van der Waals surface area contributed by atoms with Crippen molar-refractivity contribution in [1.29, 1.82) is 0 Å². The number of hydrogen-bond acceptors (Lipinski definition) is 12. The van der Waals surface area contributed by atoms with Gasteiger partial charge >= 0.3 is 19.7 Å². The molecule has 2 aromatic heterocycles. The van der Waals surface area contributed by atoms with Crippen LogP contribution in [0.1, 0.15) is 59.1 Å². The number of anilines is 1. The molecule has 0 bridgehead atoms. The summed E-state index contributed by atoms with van der Waals surface area (Å²) < 4.78 is 45.1. The van der Waals surface area contributed by atoms with Gasteiger partial charge in [0.1, 0.15) is 17.9 Å². The highest BCUT2D eigenvalue weighted by atomic mass is 31.2. The van der Waals surface area contributed by atoms with Crippen molar-refractivity contribution in [3.05, 3.63) is 48.8 Å². The Balaban J connectivity index is 1.37. The zero-order chi connectivity index (χ0) is 33.6. The number of esters is 1. The third-order valence-electron chi connectivity index (χ3n) is 7.75. The van der Waals surface area contributed by atoms with Gasteiger partial charge in [-0.15, -0.1) is 0 Å². The molecule has 254 valence electrons. The molecule has 2 unspecified atom stereocenters. The number of nitrogens with one attached hydrogen (secondary N) is 1. The highest BCUT2D eigenvalue weighted by Gasteiger charge is 2.40. The summed E-state index contributed by atoms with van der Waals surface area (Å²) in [5.41, 5.74) is 6.67. The number of fused-ring (bicyclic) bond motifs is 2. The van der Waals surface area contributed by atoms with E-state index in [2.05, 4.69) is 27.0 Å². The highest BCUT2D eigenvalue weighted by Crippen LogP contribution is 2.48.